The Hall–Kier alpha value is -2.56. The SMILES string of the molecule is COc1ccc(CCNc2ccc(NC(=O)C(C)C)nc2)cc1. The third kappa shape index (κ3) is 5.29. The molecule has 1 aromatic heterocycles. The predicted molar refractivity (Wildman–Crippen MR) is 92.9 cm³/mol. The zero-order valence-corrected chi connectivity index (χ0v) is 13.8. The van der Waals surface area contributed by atoms with Crippen molar-refractivity contribution >= 4 is 17.4 Å². The van der Waals surface area contributed by atoms with Crippen molar-refractivity contribution in [1.29, 1.82) is 0 Å². The van der Waals surface area contributed by atoms with Gasteiger partial charge in [-0.1, -0.05) is 26.0 Å². The fourth-order valence-electron chi connectivity index (χ4n) is 1.99. The van der Waals surface area contributed by atoms with E-state index >= 15 is 0 Å². The molecule has 0 bridgehead atoms. The van der Waals surface area contributed by atoms with Crippen LogP contribution in [0.15, 0.2) is 42.6 Å². The van der Waals surface area contributed by atoms with E-state index in [9.17, 15) is 4.79 Å². The van der Waals surface area contributed by atoms with E-state index in [0.717, 1.165) is 24.4 Å². The molecule has 2 rings (SSSR count). The number of ether oxygens (including phenoxy) is 1. The van der Waals surface area contributed by atoms with E-state index in [-0.39, 0.29) is 11.8 Å². The topological polar surface area (TPSA) is 63.2 Å². The van der Waals surface area contributed by atoms with Crippen LogP contribution in [0.3, 0.4) is 0 Å². The van der Waals surface area contributed by atoms with E-state index in [1.54, 1.807) is 19.4 Å². The lowest BCUT2D eigenvalue weighted by molar-refractivity contribution is -0.118. The fourth-order valence-corrected chi connectivity index (χ4v) is 1.99. The molecule has 0 saturated heterocycles. The van der Waals surface area contributed by atoms with Crippen molar-refractivity contribution in [1.82, 2.24) is 4.98 Å². The molecule has 0 aliphatic heterocycles. The summed E-state index contributed by atoms with van der Waals surface area (Å²) in [4.78, 5) is 15.8. The van der Waals surface area contributed by atoms with Gasteiger partial charge in [-0.2, -0.15) is 0 Å². The smallest absolute Gasteiger partial charge is 0.228 e. The number of benzene rings is 1. The molecule has 122 valence electrons. The molecule has 0 aliphatic rings. The second-order valence-electron chi connectivity index (χ2n) is 5.60. The standard InChI is InChI=1S/C18H23N3O2/c1-13(2)18(22)21-17-9-6-15(12-20-17)19-11-10-14-4-7-16(23-3)8-5-14/h4-9,12-13,19H,10-11H2,1-3H3,(H,20,21,22). The number of carbonyl (C=O) groups is 1. The summed E-state index contributed by atoms with van der Waals surface area (Å²) in [6.07, 6.45) is 2.64. The zero-order valence-electron chi connectivity index (χ0n) is 13.8. The number of amides is 1. The van der Waals surface area contributed by atoms with E-state index < -0.39 is 0 Å². The number of nitrogens with zero attached hydrogens (tertiary/aromatic N) is 1. The Bertz CT molecular complexity index is 622. The number of anilines is 2. The van der Waals surface area contributed by atoms with Gasteiger partial charge < -0.3 is 15.4 Å². The first-order valence-electron chi connectivity index (χ1n) is 7.72. The van der Waals surface area contributed by atoms with E-state index in [2.05, 4.69) is 27.8 Å². The van der Waals surface area contributed by atoms with Crippen LogP contribution in [0, 0.1) is 5.92 Å². The van der Waals surface area contributed by atoms with Gasteiger partial charge in [0.1, 0.15) is 11.6 Å². The van der Waals surface area contributed by atoms with Crippen LogP contribution in [0.1, 0.15) is 19.4 Å². The molecule has 1 heterocycles. The molecular weight excluding hydrogens is 290 g/mol. The highest BCUT2D eigenvalue weighted by molar-refractivity contribution is 5.91. The van der Waals surface area contributed by atoms with E-state index in [4.69, 9.17) is 4.74 Å². The van der Waals surface area contributed by atoms with Crippen molar-refractivity contribution in [2.24, 2.45) is 5.92 Å². The summed E-state index contributed by atoms with van der Waals surface area (Å²) in [6.45, 7) is 4.51. The Balaban J connectivity index is 1.80. The van der Waals surface area contributed by atoms with E-state index in [0.29, 0.717) is 5.82 Å². The molecule has 0 saturated carbocycles. The number of pyridine rings is 1. The van der Waals surface area contributed by atoms with Crippen molar-refractivity contribution in [3.05, 3.63) is 48.2 Å². The van der Waals surface area contributed by atoms with Gasteiger partial charge in [-0.25, -0.2) is 4.98 Å². The summed E-state index contributed by atoms with van der Waals surface area (Å²) < 4.78 is 5.14. The monoisotopic (exact) mass is 313 g/mol. The van der Waals surface area contributed by atoms with Gasteiger partial charge in [0.05, 0.1) is 19.0 Å². The van der Waals surface area contributed by atoms with Gasteiger partial charge >= 0.3 is 0 Å². The molecule has 1 aromatic carbocycles. The number of nitrogens with one attached hydrogen (secondary N) is 2. The average Bonchev–Trinajstić information content (AvgIpc) is 2.57. The van der Waals surface area contributed by atoms with Crippen LogP contribution in [0.5, 0.6) is 5.75 Å². The quantitative estimate of drug-likeness (QED) is 0.823. The van der Waals surface area contributed by atoms with Crippen molar-refractivity contribution in [3.8, 4) is 5.75 Å². The molecule has 23 heavy (non-hydrogen) atoms. The molecular formula is C18H23N3O2. The minimum Gasteiger partial charge on any atom is -0.497 e. The van der Waals surface area contributed by atoms with Crippen LogP contribution in [-0.4, -0.2) is 24.5 Å². The summed E-state index contributed by atoms with van der Waals surface area (Å²) in [5.41, 5.74) is 2.17. The summed E-state index contributed by atoms with van der Waals surface area (Å²) in [5, 5.41) is 6.09. The van der Waals surface area contributed by atoms with Crippen molar-refractivity contribution in [2.75, 3.05) is 24.3 Å². The number of hydrogen-bond donors (Lipinski definition) is 2. The van der Waals surface area contributed by atoms with Gasteiger partial charge in [0.2, 0.25) is 5.91 Å². The van der Waals surface area contributed by atoms with Crippen molar-refractivity contribution in [3.63, 3.8) is 0 Å². The van der Waals surface area contributed by atoms with Crippen LogP contribution in [0.2, 0.25) is 0 Å². The van der Waals surface area contributed by atoms with Crippen LogP contribution < -0.4 is 15.4 Å². The van der Waals surface area contributed by atoms with E-state index in [1.807, 2.05) is 32.0 Å². The molecule has 2 aromatic rings. The Morgan fingerprint density at radius 2 is 1.91 bits per heavy atom. The van der Waals surface area contributed by atoms with Gasteiger partial charge in [0.15, 0.2) is 0 Å². The Kier molecular flexibility index (Phi) is 5.97. The second-order valence-corrected chi connectivity index (χ2v) is 5.60. The normalized spacial score (nSPS) is 10.4. The molecule has 0 aliphatic carbocycles. The second kappa shape index (κ2) is 8.17. The Labute approximate surface area is 137 Å². The molecule has 0 fully saturated rings. The molecule has 2 N–H and O–H groups in total. The molecule has 0 unspecified atom stereocenters. The number of methoxy groups -OCH3 is 1. The molecule has 0 radical (unpaired) electrons. The average molecular weight is 313 g/mol. The molecule has 0 spiro atoms. The highest BCUT2D eigenvalue weighted by Gasteiger charge is 2.07. The van der Waals surface area contributed by atoms with Gasteiger partial charge in [0, 0.05) is 12.5 Å². The number of rotatable bonds is 7. The van der Waals surface area contributed by atoms with Crippen LogP contribution in [0.4, 0.5) is 11.5 Å². The summed E-state index contributed by atoms with van der Waals surface area (Å²) in [6, 6.07) is 11.8. The Morgan fingerprint density at radius 3 is 2.48 bits per heavy atom. The van der Waals surface area contributed by atoms with Crippen molar-refractivity contribution < 1.29 is 9.53 Å². The zero-order chi connectivity index (χ0) is 16.7. The fraction of sp³-hybridized carbons (Fsp3) is 0.333. The van der Waals surface area contributed by atoms with E-state index in [1.165, 1.54) is 5.56 Å². The van der Waals surface area contributed by atoms with Crippen LogP contribution in [0.25, 0.3) is 0 Å². The first-order valence-corrected chi connectivity index (χ1v) is 7.72. The number of carbonyl (C=O) groups excluding carboxylic acids is 1. The molecule has 1 amide bonds. The largest absolute Gasteiger partial charge is 0.497 e. The molecule has 5 heteroatoms. The van der Waals surface area contributed by atoms with Crippen LogP contribution >= 0.6 is 0 Å². The minimum absolute atomic E-state index is 0.0299. The number of hydrogen-bond acceptors (Lipinski definition) is 4. The molecule has 0 atom stereocenters. The van der Waals surface area contributed by atoms with Crippen LogP contribution in [-0.2, 0) is 11.2 Å². The summed E-state index contributed by atoms with van der Waals surface area (Å²) in [7, 11) is 1.66. The number of aromatic nitrogens is 1. The predicted octanol–water partition coefficient (Wildman–Crippen LogP) is 3.34. The lowest BCUT2D eigenvalue weighted by Crippen LogP contribution is -2.18. The van der Waals surface area contributed by atoms with Gasteiger partial charge in [-0.3, -0.25) is 4.79 Å². The lowest BCUT2D eigenvalue weighted by Gasteiger charge is -2.09. The maximum absolute atomic E-state index is 11.6. The highest BCUT2D eigenvalue weighted by Crippen LogP contribution is 2.13. The Morgan fingerprint density at radius 1 is 1.17 bits per heavy atom. The molecule has 5 nitrogen and oxygen atoms in total. The highest BCUT2D eigenvalue weighted by atomic mass is 16.5. The third-order valence-corrected chi connectivity index (χ3v) is 3.44. The maximum Gasteiger partial charge on any atom is 0.228 e. The first kappa shape index (κ1) is 16.8. The minimum atomic E-state index is -0.0564. The third-order valence-electron chi connectivity index (χ3n) is 3.44. The van der Waals surface area contributed by atoms with Gasteiger partial charge in [-0.15, -0.1) is 0 Å². The van der Waals surface area contributed by atoms with Crippen molar-refractivity contribution in [2.45, 2.75) is 20.3 Å². The lowest BCUT2D eigenvalue weighted by atomic mass is 10.1. The summed E-state index contributed by atoms with van der Waals surface area (Å²) >= 11 is 0. The summed E-state index contributed by atoms with van der Waals surface area (Å²) in [5.74, 6) is 1.35. The maximum atomic E-state index is 11.6. The van der Waals surface area contributed by atoms with Gasteiger partial charge in [0.25, 0.3) is 0 Å². The van der Waals surface area contributed by atoms with Gasteiger partial charge in [-0.05, 0) is 36.2 Å². The first-order chi connectivity index (χ1) is 11.1.